The summed E-state index contributed by atoms with van der Waals surface area (Å²) in [5.41, 5.74) is 0. The maximum absolute atomic E-state index is 11.9. The minimum Gasteiger partial charge on any atom is -0.378 e. The van der Waals surface area contributed by atoms with Crippen molar-refractivity contribution < 1.29 is 9.13 Å². The third-order valence-electron chi connectivity index (χ3n) is 2.11. The van der Waals surface area contributed by atoms with Crippen LogP contribution in [0.5, 0.6) is 0 Å². The van der Waals surface area contributed by atoms with Crippen molar-refractivity contribution in [3.63, 3.8) is 0 Å². The van der Waals surface area contributed by atoms with Gasteiger partial charge in [0.05, 0.1) is 19.9 Å². The molecule has 1 unspecified atom stereocenters. The van der Waals surface area contributed by atoms with Crippen LogP contribution in [-0.4, -0.2) is 49.8 Å². The molecule has 0 aromatic carbocycles. The zero-order valence-electron chi connectivity index (χ0n) is 7.14. The van der Waals surface area contributed by atoms with Gasteiger partial charge in [-0.25, -0.2) is 0 Å². The van der Waals surface area contributed by atoms with Gasteiger partial charge in [-0.3, -0.25) is 9.29 Å². The van der Waals surface area contributed by atoms with E-state index in [1.165, 1.54) is 0 Å². The lowest BCUT2D eigenvalue weighted by atomic mass is 10.2. The average molecular weight is 196 g/mol. The van der Waals surface area contributed by atoms with Gasteiger partial charge in [0.25, 0.3) is 0 Å². The summed E-state index contributed by atoms with van der Waals surface area (Å²) in [6.45, 7) is 2.89. The molecule has 0 aromatic rings. The van der Waals surface area contributed by atoms with Gasteiger partial charge in [-0.2, -0.15) is 0 Å². The van der Waals surface area contributed by atoms with Crippen LogP contribution in [0.4, 0.5) is 4.39 Å². The molecule has 0 aromatic heterocycles. The lowest BCUT2D eigenvalue weighted by Crippen LogP contribution is -2.46. The van der Waals surface area contributed by atoms with E-state index in [1.54, 1.807) is 0 Å². The minimum atomic E-state index is -0.244. The van der Waals surface area contributed by atoms with Gasteiger partial charge >= 0.3 is 0 Å². The second-order valence-corrected chi connectivity index (χ2v) is 3.27. The Morgan fingerprint density at radius 1 is 1.58 bits per heavy atom. The summed E-state index contributed by atoms with van der Waals surface area (Å²) in [6, 6.07) is 0.284. The van der Waals surface area contributed by atoms with E-state index in [0.29, 0.717) is 18.9 Å². The summed E-state index contributed by atoms with van der Waals surface area (Å²) < 4.78 is 17.2. The summed E-state index contributed by atoms with van der Waals surface area (Å²) in [6.07, 6.45) is 0.605. The van der Waals surface area contributed by atoms with E-state index in [1.807, 2.05) is 0 Å². The van der Waals surface area contributed by atoms with Crippen molar-refractivity contribution >= 4 is 11.6 Å². The molecule has 0 radical (unpaired) electrons. The molecule has 2 nitrogen and oxygen atoms in total. The Hall–Kier alpha value is 0.140. The normalized spacial score (nSPS) is 26.0. The molecule has 0 bridgehead atoms. The number of ether oxygens (including phenoxy) is 1. The van der Waals surface area contributed by atoms with E-state index >= 15 is 0 Å². The minimum absolute atomic E-state index is 0.244. The Bertz CT molecular complexity index is 126. The standard InChI is InChI=1S/C8H15ClFNO/c9-6-8-7-12-5-4-11(8)3-1-2-10/h8H,1-7H2. The highest BCUT2D eigenvalue weighted by Gasteiger charge is 2.20. The van der Waals surface area contributed by atoms with Crippen LogP contribution in [-0.2, 0) is 4.74 Å². The lowest BCUT2D eigenvalue weighted by Gasteiger charge is -2.34. The molecule has 1 fully saturated rings. The summed E-state index contributed by atoms with van der Waals surface area (Å²) >= 11 is 5.74. The van der Waals surface area contributed by atoms with Gasteiger partial charge in [-0.05, 0) is 6.42 Å². The first-order valence-corrected chi connectivity index (χ1v) is 4.85. The van der Waals surface area contributed by atoms with Gasteiger partial charge in [-0.15, -0.1) is 11.6 Å². The number of alkyl halides is 2. The molecule has 1 heterocycles. The predicted octanol–water partition coefficient (Wildman–Crippen LogP) is 1.29. The Balaban J connectivity index is 2.26. The zero-order valence-corrected chi connectivity index (χ0v) is 7.89. The highest BCUT2D eigenvalue weighted by Crippen LogP contribution is 2.08. The maximum atomic E-state index is 11.9. The fourth-order valence-corrected chi connectivity index (χ4v) is 1.67. The van der Waals surface area contributed by atoms with Crippen molar-refractivity contribution in [1.82, 2.24) is 4.90 Å². The lowest BCUT2D eigenvalue weighted by molar-refractivity contribution is 0.00000940. The van der Waals surface area contributed by atoms with Crippen LogP contribution >= 0.6 is 11.6 Å². The number of nitrogens with zero attached hydrogens (tertiary/aromatic N) is 1. The third-order valence-corrected chi connectivity index (χ3v) is 2.46. The molecule has 1 atom stereocenters. The van der Waals surface area contributed by atoms with Gasteiger partial charge in [-0.1, -0.05) is 0 Å². The number of rotatable bonds is 4. The first-order valence-electron chi connectivity index (χ1n) is 4.32. The van der Waals surface area contributed by atoms with Crippen LogP contribution in [0.3, 0.4) is 0 Å². The highest BCUT2D eigenvalue weighted by atomic mass is 35.5. The third kappa shape index (κ3) is 2.88. The van der Waals surface area contributed by atoms with E-state index < -0.39 is 0 Å². The molecule has 4 heteroatoms. The first kappa shape index (κ1) is 10.2. The van der Waals surface area contributed by atoms with Crippen molar-refractivity contribution in [2.24, 2.45) is 0 Å². The number of halogens is 2. The topological polar surface area (TPSA) is 12.5 Å². The maximum Gasteiger partial charge on any atom is 0.0906 e. The molecule has 0 spiro atoms. The summed E-state index contributed by atoms with van der Waals surface area (Å²) in [7, 11) is 0. The number of hydrogen-bond acceptors (Lipinski definition) is 2. The zero-order chi connectivity index (χ0) is 8.81. The Morgan fingerprint density at radius 3 is 3.08 bits per heavy atom. The molecule has 0 saturated carbocycles. The van der Waals surface area contributed by atoms with Gasteiger partial charge in [0.2, 0.25) is 0 Å². The summed E-state index contributed by atoms with van der Waals surface area (Å²) in [5.74, 6) is 0.576. The second-order valence-electron chi connectivity index (χ2n) is 2.96. The fourth-order valence-electron chi connectivity index (χ4n) is 1.39. The average Bonchev–Trinajstić information content (AvgIpc) is 2.15. The van der Waals surface area contributed by atoms with E-state index in [2.05, 4.69) is 4.90 Å². The summed E-state index contributed by atoms with van der Waals surface area (Å²) in [4.78, 5) is 2.20. The smallest absolute Gasteiger partial charge is 0.0906 e. The van der Waals surface area contributed by atoms with Gasteiger partial charge < -0.3 is 4.74 Å². The Kier molecular flexibility index (Phi) is 4.88. The van der Waals surface area contributed by atoms with E-state index in [4.69, 9.17) is 16.3 Å². The number of hydrogen-bond donors (Lipinski definition) is 0. The molecule has 0 amide bonds. The highest BCUT2D eigenvalue weighted by molar-refractivity contribution is 6.18. The van der Waals surface area contributed by atoms with Crippen LogP contribution in [0.2, 0.25) is 0 Å². The number of morpholine rings is 1. The largest absolute Gasteiger partial charge is 0.378 e. The fraction of sp³-hybridized carbons (Fsp3) is 1.00. The van der Waals surface area contributed by atoms with Crippen LogP contribution in [0.1, 0.15) is 6.42 Å². The van der Waals surface area contributed by atoms with E-state index in [9.17, 15) is 4.39 Å². The van der Waals surface area contributed by atoms with Crippen LogP contribution in [0.15, 0.2) is 0 Å². The molecule has 0 N–H and O–H groups in total. The van der Waals surface area contributed by atoms with Gasteiger partial charge in [0.1, 0.15) is 0 Å². The molecular weight excluding hydrogens is 181 g/mol. The molecular formula is C8H15ClFNO. The van der Waals surface area contributed by atoms with Gasteiger partial charge in [0.15, 0.2) is 0 Å². The monoisotopic (exact) mass is 195 g/mol. The molecule has 1 aliphatic rings. The first-order chi connectivity index (χ1) is 5.88. The van der Waals surface area contributed by atoms with E-state index in [0.717, 1.165) is 19.7 Å². The molecule has 0 aliphatic carbocycles. The van der Waals surface area contributed by atoms with Crippen molar-refractivity contribution in [3.05, 3.63) is 0 Å². The predicted molar refractivity (Wildman–Crippen MR) is 47.5 cm³/mol. The second kappa shape index (κ2) is 5.73. The SMILES string of the molecule is FCCCN1CCOCC1CCl. The molecule has 1 rings (SSSR count). The van der Waals surface area contributed by atoms with Crippen LogP contribution < -0.4 is 0 Å². The van der Waals surface area contributed by atoms with Crippen LogP contribution in [0.25, 0.3) is 0 Å². The Labute approximate surface area is 77.6 Å². The van der Waals surface area contributed by atoms with Gasteiger partial charge in [0, 0.05) is 25.0 Å². The Morgan fingerprint density at radius 2 is 2.42 bits per heavy atom. The van der Waals surface area contributed by atoms with Crippen molar-refractivity contribution in [1.29, 1.82) is 0 Å². The molecule has 72 valence electrons. The van der Waals surface area contributed by atoms with E-state index in [-0.39, 0.29) is 12.7 Å². The van der Waals surface area contributed by atoms with Crippen molar-refractivity contribution in [2.45, 2.75) is 12.5 Å². The molecule has 12 heavy (non-hydrogen) atoms. The van der Waals surface area contributed by atoms with Crippen LogP contribution in [0, 0.1) is 0 Å². The van der Waals surface area contributed by atoms with Crippen molar-refractivity contribution in [2.75, 3.05) is 38.9 Å². The quantitative estimate of drug-likeness (QED) is 0.627. The molecule has 1 saturated heterocycles. The van der Waals surface area contributed by atoms with Crippen molar-refractivity contribution in [3.8, 4) is 0 Å². The molecule has 1 aliphatic heterocycles. The summed E-state index contributed by atoms with van der Waals surface area (Å²) in [5, 5.41) is 0.